The summed E-state index contributed by atoms with van der Waals surface area (Å²) in [7, 11) is 0. The summed E-state index contributed by atoms with van der Waals surface area (Å²) >= 11 is 0. The molecule has 2 N–H and O–H groups in total. The molecule has 0 saturated carbocycles. The molecule has 0 spiro atoms. The lowest BCUT2D eigenvalue weighted by molar-refractivity contribution is -0.159. The molecule has 0 saturated heterocycles. The molecule has 0 aliphatic heterocycles. The molecule has 1 unspecified atom stereocenters. The Kier molecular flexibility index (Phi) is 5.80. The smallest absolute Gasteiger partial charge is 0.323 e. The van der Waals surface area contributed by atoms with Crippen LogP contribution in [0.3, 0.4) is 0 Å². The van der Waals surface area contributed by atoms with Crippen molar-refractivity contribution in [3.8, 4) is 0 Å². The Morgan fingerprint density at radius 1 is 1.11 bits per heavy atom. The third-order valence-electron chi connectivity index (χ3n) is 1.98. The highest BCUT2D eigenvalue weighted by atomic mass is 16.6. The number of carbonyl (C=O) groups excluding carboxylic acids is 2. The van der Waals surface area contributed by atoms with Crippen molar-refractivity contribution >= 4 is 11.9 Å². The molecule has 5 heteroatoms. The highest BCUT2D eigenvalue weighted by molar-refractivity contribution is 5.76. The quantitative estimate of drug-likeness (QED) is 0.776. The van der Waals surface area contributed by atoms with E-state index in [9.17, 15) is 9.59 Å². The van der Waals surface area contributed by atoms with E-state index >= 15 is 0 Å². The van der Waals surface area contributed by atoms with Crippen LogP contribution in [-0.4, -0.2) is 30.2 Å². The van der Waals surface area contributed by atoms with Crippen molar-refractivity contribution in [3.63, 3.8) is 0 Å². The molecule has 0 rings (SSSR count). The van der Waals surface area contributed by atoms with E-state index in [2.05, 4.69) is 0 Å². The second-order valence-electron chi connectivity index (χ2n) is 6.31. The highest BCUT2D eigenvalue weighted by Crippen LogP contribution is 2.15. The minimum atomic E-state index is -0.767. The van der Waals surface area contributed by atoms with Gasteiger partial charge in [0.05, 0.1) is 12.0 Å². The van der Waals surface area contributed by atoms with Crippen LogP contribution in [0.5, 0.6) is 0 Å². The zero-order valence-corrected chi connectivity index (χ0v) is 12.2. The summed E-state index contributed by atoms with van der Waals surface area (Å²) in [6.45, 7) is 10.7. The van der Waals surface area contributed by atoms with Gasteiger partial charge < -0.3 is 15.2 Å². The van der Waals surface area contributed by atoms with Crippen molar-refractivity contribution in [2.24, 2.45) is 11.1 Å². The number of hydrogen-bond acceptors (Lipinski definition) is 5. The van der Waals surface area contributed by atoms with Gasteiger partial charge in [0.25, 0.3) is 0 Å². The zero-order chi connectivity index (χ0) is 14.6. The van der Waals surface area contributed by atoms with Gasteiger partial charge in [-0.25, -0.2) is 0 Å². The molecule has 5 nitrogen and oxygen atoms in total. The Bertz CT molecular complexity index is 299. The first kappa shape index (κ1) is 16.9. The molecule has 106 valence electrons. The number of nitrogens with two attached hydrogens (primary N) is 1. The molecule has 0 aromatic heterocycles. The Balaban J connectivity index is 4.02. The first-order chi connectivity index (χ1) is 7.93. The largest absolute Gasteiger partial charge is 0.465 e. The average molecular weight is 259 g/mol. The van der Waals surface area contributed by atoms with Gasteiger partial charge in [-0.3, -0.25) is 9.59 Å². The second-order valence-corrected chi connectivity index (χ2v) is 6.31. The maximum atomic E-state index is 11.5. The van der Waals surface area contributed by atoms with E-state index in [0.717, 1.165) is 0 Å². The van der Waals surface area contributed by atoms with E-state index in [1.54, 1.807) is 41.5 Å². The van der Waals surface area contributed by atoms with Crippen LogP contribution < -0.4 is 5.73 Å². The predicted octanol–water partition coefficient (Wildman–Crippen LogP) is 1.63. The van der Waals surface area contributed by atoms with E-state index < -0.39 is 23.0 Å². The lowest BCUT2D eigenvalue weighted by Gasteiger charge is -2.22. The van der Waals surface area contributed by atoms with E-state index in [1.807, 2.05) is 0 Å². The van der Waals surface area contributed by atoms with Crippen LogP contribution in [0, 0.1) is 5.41 Å². The van der Waals surface area contributed by atoms with E-state index in [0.29, 0.717) is 0 Å². The van der Waals surface area contributed by atoms with Crippen LogP contribution in [0.1, 0.15) is 48.0 Å². The molecular formula is C13H25NO4. The van der Waals surface area contributed by atoms with Crippen LogP contribution in [0.2, 0.25) is 0 Å². The average Bonchev–Trinajstić information content (AvgIpc) is 2.12. The van der Waals surface area contributed by atoms with Crippen molar-refractivity contribution in [2.45, 2.75) is 59.6 Å². The molecule has 0 aliphatic rings. The standard InChI is InChI=1S/C13H25NO4/c1-12(2,3)11(16)17-8-7-9(14)10(15)18-13(4,5)6/h9H,7-8,14H2,1-6H3. The van der Waals surface area contributed by atoms with Crippen molar-refractivity contribution in [3.05, 3.63) is 0 Å². The van der Waals surface area contributed by atoms with Crippen molar-refractivity contribution in [1.29, 1.82) is 0 Å². The minimum Gasteiger partial charge on any atom is -0.465 e. The molecule has 0 amide bonds. The molecule has 0 bridgehead atoms. The number of esters is 2. The van der Waals surface area contributed by atoms with Crippen LogP contribution in [-0.2, 0) is 19.1 Å². The molecule has 0 heterocycles. The minimum absolute atomic E-state index is 0.122. The molecular weight excluding hydrogens is 234 g/mol. The van der Waals surface area contributed by atoms with E-state index in [4.69, 9.17) is 15.2 Å². The summed E-state index contributed by atoms with van der Waals surface area (Å²) in [5.74, 6) is -0.784. The summed E-state index contributed by atoms with van der Waals surface area (Å²) in [6, 6.07) is -0.767. The monoisotopic (exact) mass is 259 g/mol. The van der Waals surface area contributed by atoms with Gasteiger partial charge in [-0.2, -0.15) is 0 Å². The third-order valence-corrected chi connectivity index (χ3v) is 1.98. The Morgan fingerprint density at radius 3 is 2.00 bits per heavy atom. The maximum Gasteiger partial charge on any atom is 0.323 e. The van der Waals surface area contributed by atoms with Gasteiger partial charge in [0.1, 0.15) is 11.6 Å². The van der Waals surface area contributed by atoms with E-state index in [-0.39, 0.29) is 19.0 Å². The Hall–Kier alpha value is -1.10. The number of hydrogen-bond donors (Lipinski definition) is 1. The second kappa shape index (κ2) is 6.18. The lowest BCUT2D eigenvalue weighted by atomic mass is 9.97. The maximum absolute atomic E-state index is 11.5. The fourth-order valence-corrected chi connectivity index (χ4v) is 0.990. The summed E-state index contributed by atoms with van der Waals surface area (Å²) in [6.07, 6.45) is 0.261. The van der Waals surface area contributed by atoms with Gasteiger partial charge in [0, 0.05) is 6.42 Å². The number of rotatable bonds is 4. The van der Waals surface area contributed by atoms with Crippen molar-refractivity contribution in [1.82, 2.24) is 0 Å². The Morgan fingerprint density at radius 2 is 1.61 bits per heavy atom. The molecule has 0 aliphatic carbocycles. The molecule has 0 aromatic carbocycles. The molecule has 0 fully saturated rings. The topological polar surface area (TPSA) is 78.6 Å². The summed E-state index contributed by atoms with van der Waals surface area (Å²) < 4.78 is 10.2. The number of carbonyl (C=O) groups is 2. The molecule has 18 heavy (non-hydrogen) atoms. The molecule has 0 radical (unpaired) electrons. The summed E-state index contributed by atoms with van der Waals surface area (Å²) in [4.78, 5) is 23.0. The fraction of sp³-hybridized carbons (Fsp3) is 0.846. The summed E-state index contributed by atoms with van der Waals surface area (Å²) in [5.41, 5.74) is 4.55. The predicted molar refractivity (Wildman–Crippen MR) is 68.9 cm³/mol. The van der Waals surface area contributed by atoms with Crippen molar-refractivity contribution < 1.29 is 19.1 Å². The first-order valence-electron chi connectivity index (χ1n) is 6.09. The highest BCUT2D eigenvalue weighted by Gasteiger charge is 2.25. The van der Waals surface area contributed by atoms with Crippen LogP contribution >= 0.6 is 0 Å². The third kappa shape index (κ3) is 7.27. The van der Waals surface area contributed by atoms with E-state index in [1.165, 1.54) is 0 Å². The SMILES string of the molecule is CC(C)(C)OC(=O)C(N)CCOC(=O)C(C)(C)C. The van der Waals surface area contributed by atoms with Crippen LogP contribution in [0.4, 0.5) is 0 Å². The normalized spacial score (nSPS) is 13.9. The fourth-order valence-electron chi connectivity index (χ4n) is 0.990. The first-order valence-corrected chi connectivity index (χ1v) is 6.09. The van der Waals surface area contributed by atoms with Crippen LogP contribution in [0.15, 0.2) is 0 Å². The van der Waals surface area contributed by atoms with Gasteiger partial charge in [-0.1, -0.05) is 0 Å². The van der Waals surface area contributed by atoms with Gasteiger partial charge in [0.2, 0.25) is 0 Å². The zero-order valence-electron chi connectivity index (χ0n) is 12.2. The van der Waals surface area contributed by atoms with Gasteiger partial charge >= 0.3 is 11.9 Å². The molecule has 1 atom stereocenters. The lowest BCUT2D eigenvalue weighted by Crippen LogP contribution is -2.38. The van der Waals surface area contributed by atoms with Gasteiger partial charge in [0.15, 0.2) is 0 Å². The Labute approximate surface area is 109 Å². The van der Waals surface area contributed by atoms with Gasteiger partial charge in [-0.15, -0.1) is 0 Å². The van der Waals surface area contributed by atoms with Gasteiger partial charge in [-0.05, 0) is 41.5 Å². The number of ether oxygens (including phenoxy) is 2. The summed E-state index contributed by atoms with van der Waals surface area (Å²) in [5, 5.41) is 0. The van der Waals surface area contributed by atoms with Crippen molar-refractivity contribution in [2.75, 3.05) is 6.61 Å². The van der Waals surface area contributed by atoms with Crippen LogP contribution in [0.25, 0.3) is 0 Å². The molecule has 0 aromatic rings.